The standard InChI is InChI=1S/C18H21N5O3S2/c1-2-26-16(24)13-9-19-17(25)20-14(13)10-28-18-22-21-15(23(18)11-5-6-11)8-12-4-3-7-27-12/h3-4,7,11H,2,5-6,8-10H2,1H3,(H2,19,20,25). The molecule has 0 aromatic carbocycles. The van der Waals surface area contributed by atoms with Gasteiger partial charge in [0.2, 0.25) is 0 Å². The van der Waals surface area contributed by atoms with Gasteiger partial charge in [0.1, 0.15) is 5.82 Å². The Bertz CT molecular complexity index is 902. The summed E-state index contributed by atoms with van der Waals surface area (Å²) in [6, 6.07) is 4.26. The molecule has 2 aromatic heterocycles. The Morgan fingerprint density at radius 3 is 3.00 bits per heavy atom. The molecule has 148 valence electrons. The minimum Gasteiger partial charge on any atom is -0.463 e. The van der Waals surface area contributed by atoms with E-state index in [2.05, 4.69) is 36.8 Å². The molecule has 0 bridgehead atoms. The number of carbonyl (C=O) groups is 2. The molecular weight excluding hydrogens is 398 g/mol. The molecule has 2 N–H and O–H groups in total. The predicted molar refractivity (Wildman–Crippen MR) is 106 cm³/mol. The molecular formula is C18H21N5O3S2. The monoisotopic (exact) mass is 419 g/mol. The smallest absolute Gasteiger partial charge is 0.337 e. The zero-order valence-corrected chi connectivity index (χ0v) is 17.1. The third-order valence-corrected chi connectivity index (χ3v) is 6.33. The molecule has 28 heavy (non-hydrogen) atoms. The van der Waals surface area contributed by atoms with Crippen LogP contribution in [0, 0.1) is 0 Å². The van der Waals surface area contributed by atoms with E-state index in [4.69, 9.17) is 4.74 Å². The summed E-state index contributed by atoms with van der Waals surface area (Å²) in [6.07, 6.45) is 3.01. The number of hydrogen-bond acceptors (Lipinski definition) is 7. The van der Waals surface area contributed by atoms with Crippen molar-refractivity contribution >= 4 is 35.1 Å². The number of aromatic nitrogens is 3. The average molecular weight is 420 g/mol. The number of hydrogen-bond donors (Lipinski definition) is 2. The van der Waals surface area contributed by atoms with Crippen LogP contribution in [0.2, 0.25) is 0 Å². The number of urea groups is 1. The van der Waals surface area contributed by atoms with Gasteiger partial charge in [0.25, 0.3) is 0 Å². The molecule has 0 spiro atoms. The van der Waals surface area contributed by atoms with Gasteiger partial charge in [-0.25, -0.2) is 9.59 Å². The lowest BCUT2D eigenvalue weighted by molar-refractivity contribution is -0.138. The van der Waals surface area contributed by atoms with Crippen molar-refractivity contribution in [3.05, 3.63) is 39.5 Å². The van der Waals surface area contributed by atoms with Crippen LogP contribution in [0.15, 0.2) is 33.9 Å². The number of nitrogens with zero attached hydrogens (tertiary/aromatic N) is 3. The SMILES string of the molecule is CCOC(=O)C1=C(CSc2nnc(Cc3cccs3)n2C2CC2)NC(=O)NC1. The Hall–Kier alpha value is -2.33. The van der Waals surface area contributed by atoms with Gasteiger partial charge in [0, 0.05) is 28.8 Å². The summed E-state index contributed by atoms with van der Waals surface area (Å²) in [5.74, 6) is 0.972. The highest BCUT2D eigenvalue weighted by molar-refractivity contribution is 7.99. The van der Waals surface area contributed by atoms with Gasteiger partial charge in [-0.15, -0.1) is 21.5 Å². The molecule has 0 unspecified atom stereocenters. The largest absolute Gasteiger partial charge is 0.463 e. The number of rotatable bonds is 8. The first-order valence-corrected chi connectivity index (χ1v) is 11.0. The fourth-order valence-electron chi connectivity index (χ4n) is 3.00. The van der Waals surface area contributed by atoms with E-state index in [-0.39, 0.29) is 12.6 Å². The molecule has 0 atom stereocenters. The Morgan fingerprint density at radius 2 is 2.29 bits per heavy atom. The summed E-state index contributed by atoms with van der Waals surface area (Å²) >= 11 is 3.19. The lowest BCUT2D eigenvalue weighted by atomic mass is 10.2. The molecule has 1 aliphatic carbocycles. The normalized spacial score (nSPS) is 16.7. The first kappa shape index (κ1) is 19.0. The molecule has 8 nitrogen and oxygen atoms in total. The fourth-order valence-corrected chi connectivity index (χ4v) is 4.71. The van der Waals surface area contributed by atoms with E-state index in [1.54, 1.807) is 18.3 Å². The number of nitrogens with one attached hydrogen (secondary N) is 2. The molecule has 0 radical (unpaired) electrons. The summed E-state index contributed by atoms with van der Waals surface area (Å²) in [5.41, 5.74) is 1.02. The summed E-state index contributed by atoms with van der Waals surface area (Å²) < 4.78 is 7.31. The molecule has 1 aliphatic heterocycles. The summed E-state index contributed by atoms with van der Waals surface area (Å²) in [4.78, 5) is 25.2. The number of thiophene rings is 1. The van der Waals surface area contributed by atoms with Gasteiger partial charge in [-0.05, 0) is 31.2 Å². The van der Waals surface area contributed by atoms with Crippen LogP contribution >= 0.6 is 23.1 Å². The Kier molecular flexibility index (Phi) is 5.67. The summed E-state index contributed by atoms with van der Waals surface area (Å²) in [7, 11) is 0. The number of ether oxygens (including phenoxy) is 1. The molecule has 3 heterocycles. The van der Waals surface area contributed by atoms with Crippen LogP contribution < -0.4 is 10.6 Å². The zero-order chi connectivity index (χ0) is 19.5. The van der Waals surface area contributed by atoms with Crippen LogP contribution in [0.5, 0.6) is 0 Å². The van der Waals surface area contributed by atoms with Crippen molar-refractivity contribution in [2.75, 3.05) is 18.9 Å². The van der Waals surface area contributed by atoms with Crippen molar-refractivity contribution in [1.82, 2.24) is 25.4 Å². The van der Waals surface area contributed by atoms with Crippen molar-refractivity contribution in [1.29, 1.82) is 0 Å². The number of amides is 2. The number of thioether (sulfide) groups is 1. The lowest BCUT2D eigenvalue weighted by Crippen LogP contribution is -2.44. The molecule has 2 aromatic rings. The van der Waals surface area contributed by atoms with E-state index in [9.17, 15) is 9.59 Å². The van der Waals surface area contributed by atoms with Gasteiger partial charge in [0.15, 0.2) is 5.16 Å². The van der Waals surface area contributed by atoms with E-state index in [0.717, 1.165) is 30.2 Å². The maximum Gasteiger partial charge on any atom is 0.337 e. The Balaban J connectivity index is 1.53. The molecule has 10 heteroatoms. The summed E-state index contributed by atoms with van der Waals surface area (Å²) in [6.45, 7) is 2.22. The second kappa shape index (κ2) is 8.36. The van der Waals surface area contributed by atoms with Crippen molar-refractivity contribution in [2.24, 2.45) is 0 Å². The molecule has 1 fully saturated rings. The van der Waals surface area contributed by atoms with E-state index in [0.29, 0.717) is 29.7 Å². The summed E-state index contributed by atoms with van der Waals surface area (Å²) in [5, 5.41) is 17.0. The van der Waals surface area contributed by atoms with Crippen molar-refractivity contribution in [3.63, 3.8) is 0 Å². The molecule has 1 saturated carbocycles. The quantitative estimate of drug-likeness (QED) is 0.504. The van der Waals surface area contributed by atoms with Crippen LogP contribution in [-0.2, 0) is 16.0 Å². The molecule has 4 rings (SSSR count). The van der Waals surface area contributed by atoms with Crippen molar-refractivity contribution in [2.45, 2.75) is 37.4 Å². The molecule has 2 aliphatic rings. The highest BCUT2D eigenvalue weighted by Crippen LogP contribution is 2.39. The Morgan fingerprint density at radius 1 is 1.43 bits per heavy atom. The van der Waals surface area contributed by atoms with E-state index in [1.807, 2.05) is 6.07 Å². The second-order valence-corrected chi connectivity index (χ2v) is 8.50. The first-order chi connectivity index (χ1) is 13.7. The average Bonchev–Trinajstić information content (AvgIpc) is 3.23. The van der Waals surface area contributed by atoms with Crippen molar-refractivity contribution < 1.29 is 14.3 Å². The van der Waals surface area contributed by atoms with Crippen molar-refractivity contribution in [3.8, 4) is 0 Å². The first-order valence-electron chi connectivity index (χ1n) is 9.18. The van der Waals surface area contributed by atoms with Gasteiger partial charge in [0.05, 0.1) is 18.7 Å². The zero-order valence-electron chi connectivity index (χ0n) is 15.4. The minimum atomic E-state index is -0.410. The maximum absolute atomic E-state index is 12.2. The van der Waals surface area contributed by atoms with Gasteiger partial charge in [-0.2, -0.15) is 0 Å². The lowest BCUT2D eigenvalue weighted by Gasteiger charge is -2.21. The fraction of sp³-hybridized carbons (Fsp3) is 0.444. The van der Waals surface area contributed by atoms with Gasteiger partial charge in [-0.1, -0.05) is 17.8 Å². The van der Waals surface area contributed by atoms with E-state index < -0.39 is 5.97 Å². The topological polar surface area (TPSA) is 98.1 Å². The van der Waals surface area contributed by atoms with Crippen LogP contribution in [0.25, 0.3) is 0 Å². The number of esters is 1. The minimum absolute atomic E-state index is 0.166. The second-order valence-electron chi connectivity index (χ2n) is 6.53. The Labute approximate surface area is 170 Å². The van der Waals surface area contributed by atoms with Gasteiger partial charge in [-0.3, -0.25) is 0 Å². The van der Waals surface area contributed by atoms with E-state index >= 15 is 0 Å². The number of carbonyl (C=O) groups excluding carboxylic acids is 2. The van der Waals surface area contributed by atoms with Gasteiger partial charge < -0.3 is 19.9 Å². The molecule has 0 saturated heterocycles. The van der Waals surface area contributed by atoms with Gasteiger partial charge >= 0.3 is 12.0 Å². The third-order valence-electron chi connectivity index (χ3n) is 4.48. The van der Waals surface area contributed by atoms with E-state index in [1.165, 1.54) is 16.6 Å². The predicted octanol–water partition coefficient (Wildman–Crippen LogP) is 2.49. The van der Waals surface area contributed by atoms with Crippen LogP contribution in [0.4, 0.5) is 4.79 Å². The molecule has 2 amide bonds. The highest BCUT2D eigenvalue weighted by Gasteiger charge is 2.30. The van der Waals surface area contributed by atoms with Crippen LogP contribution in [-0.4, -0.2) is 45.7 Å². The van der Waals surface area contributed by atoms with Crippen LogP contribution in [0.1, 0.15) is 36.5 Å². The van der Waals surface area contributed by atoms with Crippen LogP contribution in [0.3, 0.4) is 0 Å². The highest BCUT2D eigenvalue weighted by atomic mass is 32.2. The maximum atomic E-state index is 12.2. The third kappa shape index (κ3) is 4.22.